The number of rotatable bonds is 2. The normalized spacial score (nSPS) is 23.3. The topological polar surface area (TPSA) is 78.7 Å². The van der Waals surface area contributed by atoms with Gasteiger partial charge in [-0.05, 0) is 13.8 Å². The van der Waals surface area contributed by atoms with Crippen molar-refractivity contribution >= 4 is 24.3 Å². The van der Waals surface area contributed by atoms with E-state index in [2.05, 4.69) is 5.32 Å². The van der Waals surface area contributed by atoms with Gasteiger partial charge < -0.3 is 20.9 Å². The molecule has 18 heavy (non-hydrogen) atoms. The first-order chi connectivity index (χ1) is 7.95. The molecule has 0 radical (unpaired) electrons. The number of fused-ring (bicyclic) bond motifs is 1. The van der Waals surface area contributed by atoms with Crippen molar-refractivity contribution < 1.29 is 9.59 Å². The number of amides is 3. The highest BCUT2D eigenvalue weighted by Crippen LogP contribution is 2.21. The zero-order chi connectivity index (χ0) is 12.6. The first-order valence-electron chi connectivity index (χ1n) is 5.99. The third kappa shape index (κ3) is 2.54. The maximum Gasteiger partial charge on any atom is 0.317 e. The molecule has 0 aliphatic carbocycles. The van der Waals surface area contributed by atoms with Crippen molar-refractivity contribution in [3.05, 3.63) is 0 Å². The lowest BCUT2D eigenvalue weighted by atomic mass is 9.91. The van der Waals surface area contributed by atoms with E-state index in [1.807, 2.05) is 18.7 Å². The van der Waals surface area contributed by atoms with Crippen LogP contribution in [0.15, 0.2) is 0 Å². The van der Waals surface area contributed by atoms with Crippen LogP contribution in [0.2, 0.25) is 0 Å². The number of urea groups is 1. The van der Waals surface area contributed by atoms with E-state index in [1.165, 1.54) is 0 Å². The maximum atomic E-state index is 12.2. The molecule has 3 amide bonds. The number of nitrogens with one attached hydrogen (secondary N) is 1. The van der Waals surface area contributed by atoms with E-state index >= 15 is 0 Å². The summed E-state index contributed by atoms with van der Waals surface area (Å²) in [4.78, 5) is 27.3. The van der Waals surface area contributed by atoms with E-state index in [1.54, 1.807) is 4.90 Å². The molecule has 104 valence electrons. The molecule has 2 heterocycles. The van der Waals surface area contributed by atoms with Crippen molar-refractivity contribution in [2.24, 2.45) is 11.1 Å². The highest BCUT2D eigenvalue weighted by atomic mass is 35.5. The fourth-order valence-electron chi connectivity index (χ4n) is 2.30. The fourth-order valence-corrected chi connectivity index (χ4v) is 2.30. The first-order valence-corrected chi connectivity index (χ1v) is 5.99. The average Bonchev–Trinajstić information content (AvgIpc) is 2.69. The molecule has 0 aromatic rings. The summed E-state index contributed by atoms with van der Waals surface area (Å²) in [5.41, 5.74) is 5.10. The van der Waals surface area contributed by atoms with E-state index in [0.717, 1.165) is 0 Å². The van der Waals surface area contributed by atoms with Crippen molar-refractivity contribution in [1.82, 2.24) is 15.1 Å². The minimum Gasteiger partial charge on any atom is -0.338 e. The smallest absolute Gasteiger partial charge is 0.317 e. The van der Waals surface area contributed by atoms with Gasteiger partial charge in [0, 0.05) is 32.7 Å². The number of nitrogens with zero attached hydrogens (tertiary/aromatic N) is 2. The van der Waals surface area contributed by atoms with Gasteiger partial charge >= 0.3 is 6.03 Å². The van der Waals surface area contributed by atoms with Gasteiger partial charge in [0.1, 0.15) is 0 Å². The predicted molar refractivity (Wildman–Crippen MR) is 70.6 cm³/mol. The Kier molecular flexibility index (Phi) is 4.45. The van der Waals surface area contributed by atoms with Crippen LogP contribution in [0, 0.1) is 5.41 Å². The van der Waals surface area contributed by atoms with Crippen LogP contribution < -0.4 is 11.1 Å². The number of piperazine rings is 1. The fraction of sp³-hybridized carbons (Fsp3) is 0.818. The summed E-state index contributed by atoms with van der Waals surface area (Å²) in [5.74, 6) is 0.0824. The third-order valence-corrected chi connectivity index (χ3v) is 3.61. The standard InChI is InChI=1S/C11H20N4O2.ClH/c1-11(2,7-12)9(16)14-3-4-15-8(6-14)5-13-10(15)17;/h8H,3-7,12H2,1-2H3,(H,13,17);1H. The minimum absolute atomic E-state index is 0. The molecule has 0 aromatic carbocycles. The van der Waals surface area contributed by atoms with Gasteiger partial charge in [0.2, 0.25) is 5.91 Å². The molecule has 3 N–H and O–H groups in total. The summed E-state index contributed by atoms with van der Waals surface area (Å²) < 4.78 is 0. The van der Waals surface area contributed by atoms with Crippen LogP contribution in [0.3, 0.4) is 0 Å². The lowest BCUT2D eigenvalue weighted by Gasteiger charge is -2.39. The first kappa shape index (κ1) is 15.0. The molecular weight excluding hydrogens is 256 g/mol. The Hall–Kier alpha value is -1.01. The van der Waals surface area contributed by atoms with Crippen LogP contribution in [0.25, 0.3) is 0 Å². The Morgan fingerprint density at radius 2 is 2.17 bits per heavy atom. The highest BCUT2D eigenvalue weighted by molar-refractivity contribution is 5.85. The second kappa shape index (κ2) is 5.32. The molecule has 2 rings (SSSR count). The number of hydrogen-bond donors (Lipinski definition) is 2. The van der Waals surface area contributed by atoms with Crippen LogP contribution in [0.4, 0.5) is 4.79 Å². The lowest BCUT2D eigenvalue weighted by Crippen LogP contribution is -2.57. The van der Waals surface area contributed by atoms with Gasteiger partial charge in [-0.15, -0.1) is 12.4 Å². The Bertz CT molecular complexity index is 348. The van der Waals surface area contributed by atoms with E-state index in [0.29, 0.717) is 32.7 Å². The van der Waals surface area contributed by atoms with Gasteiger partial charge in [0.15, 0.2) is 0 Å². The molecule has 0 bridgehead atoms. The van der Waals surface area contributed by atoms with Crippen molar-refractivity contribution in [2.45, 2.75) is 19.9 Å². The second-order valence-corrected chi connectivity index (χ2v) is 5.37. The molecular formula is C11H21ClN4O2. The number of carbonyl (C=O) groups is 2. The summed E-state index contributed by atoms with van der Waals surface area (Å²) in [5, 5.41) is 2.80. The van der Waals surface area contributed by atoms with Gasteiger partial charge in [-0.25, -0.2) is 4.79 Å². The van der Waals surface area contributed by atoms with Gasteiger partial charge in [0.05, 0.1) is 11.5 Å². The molecule has 2 fully saturated rings. The van der Waals surface area contributed by atoms with Crippen molar-refractivity contribution in [3.8, 4) is 0 Å². The Labute approximate surface area is 113 Å². The molecule has 1 atom stereocenters. The third-order valence-electron chi connectivity index (χ3n) is 3.61. The van der Waals surface area contributed by atoms with E-state index in [9.17, 15) is 9.59 Å². The molecule has 6 nitrogen and oxygen atoms in total. The molecule has 2 saturated heterocycles. The summed E-state index contributed by atoms with van der Waals surface area (Å²) in [6, 6.07) is 0.106. The van der Waals surface area contributed by atoms with Gasteiger partial charge in [-0.1, -0.05) is 0 Å². The maximum absolute atomic E-state index is 12.2. The summed E-state index contributed by atoms with van der Waals surface area (Å²) in [6.07, 6.45) is 0. The van der Waals surface area contributed by atoms with Crippen molar-refractivity contribution in [1.29, 1.82) is 0 Å². The van der Waals surface area contributed by atoms with Crippen LogP contribution in [0.5, 0.6) is 0 Å². The highest BCUT2D eigenvalue weighted by Gasteiger charge is 2.39. The van der Waals surface area contributed by atoms with Crippen molar-refractivity contribution in [3.63, 3.8) is 0 Å². The molecule has 7 heteroatoms. The molecule has 2 aliphatic heterocycles. The van der Waals surface area contributed by atoms with Crippen LogP contribution in [-0.2, 0) is 4.79 Å². The summed E-state index contributed by atoms with van der Waals surface area (Å²) in [6.45, 7) is 6.52. The van der Waals surface area contributed by atoms with E-state index in [4.69, 9.17) is 5.73 Å². The van der Waals surface area contributed by atoms with E-state index < -0.39 is 5.41 Å². The summed E-state index contributed by atoms with van der Waals surface area (Å²) in [7, 11) is 0. The van der Waals surface area contributed by atoms with Crippen molar-refractivity contribution in [2.75, 3.05) is 32.7 Å². The monoisotopic (exact) mass is 276 g/mol. The number of halogens is 1. The van der Waals surface area contributed by atoms with Gasteiger partial charge in [-0.3, -0.25) is 4.79 Å². The Morgan fingerprint density at radius 3 is 2.78 bits per heavy atom. The quantitative estimate of drug-likeness (QED) is 0.722. The molecule has 1 unspecified atom stereocenters. The SMILES string of the molecule is CC(C)(CN)C(=O)N1CCN2C(=O)NCC2C1.Cl. The summed E-state index contributed by atoms with van der Waals surface area (Å²) >= 11 is 0. The molecule has 2 aliphatic rings. The largest absolute Gasteiger partial charge is 0.338 e. The molecule has 0 aromatic heterocycles. The van der Waals surface area contributed by atoms with Gasteiger partial charge in [-0.2, -0.15) is 0 Å². The zero-order valence-corrected chi connectivity index (χ0v) is 11.6. The number of hydrogen-bond acceptors (Lipinski definition) is 3. The number of nitrogens with two attached hydrogens (primary N) is 1. The predicted octanol–water partition coefficient (Wildman–Crippen LogP) is -0.371. The Morgan fingerprint density at radius 1 is 1.50 bits per heavy atom. The Balaban J connectivity index is 0.00000162. The number of carbonyl (C=O) groups excluding carboxylic acids is 2. The zero-order valence-electron chi connectivity index (χ0n) is 10.8. The minimum atomic E-state index is -0.516. The average molecular weight is 277 g/mol. The van der Waals surface area contributed by atoms with Crippen LogP contribution in [-0.4, -0.2) is 60.5 Å². The lowest BCUT2D eigenvalue weighted by molar-refractivity contribution is -0.142. The van der Waals surface area contributed by atoms with Gasteiger partial charge in [0.25, 0.3) is 0 Å². The second-order valence-electron chi connectivity index (χ2n) is 5.37. The molecule has 0 saturated carbocycles. The van der Waals surface area contributed by atoms with Crippen LogP contribution >= 0.6 is 12.4 Å². The molecule has 0 spiro atoms. The van der Waals surface area contributed by atoms with E-state index in [-0.39, 0.29) is 30.4 Å². The van der Waals surface area contributed by atoms with Crippen LogP contribution in [0.1, 0.15) is 13.8 Å².